The van der Waals surface area contributed by atoms with Crippen LogP contribution in [-0.2, 0) is 5.41 Å². The monoisotopic (exact) mass is 300 g/mol. The summed E-state index contributed by atoms with van der Waals surface area (Å²) >= 11 is 0. The Balaban J connectivity index is 2.31. The third-order valence-corrected chi connectivity index (χ3v) is 5.13. The Labute approximate surface area is 139 Å². The van der Waals surface area contributed by atoms with Crippen molar-refractivity contribution < 1.29 is 0 Å². The van der Waals surface area contributed by atoms with Crippen molar-refractivity contribution in [2.24, 2.45) is 0 Å². The van der Waals surface area contributed by atoms with E-state index in [9.17, 15) is 0 Å². The topological polar surface area (TPSA) is 0 Å². The fraction of sp³-hybridized carbons (Fsp3) is 0.217. The maximum atomic E-state index is 4.36. The van der Waals surface area contributed by atoms with Crippen LogP contribution in [0.5, 0.6) is 0 Å². The fourth-order valence-corrected chi connectivity index (χ4v) is 3.58. The van der Waals surface area contributed by atoms with Crippen molar-refractivity contribution in [1.29, 1.82) is 0 Å². The average molecular weight is 300 g/mol. The van der Waals surface area contributed by atoms with E-state index in [0.29, 0.717) is 0 Å². The van der Waals surface area contributed by atoms with Gasteiger partial charge in [-0.2, -0.15) is 0 Å². The zero-order chi connectivity index (χ0) is 16.8. The highest BCUT2D eigenvalue weighted by Crippen LogP contribution is 2.50. The summed E-state index contributed by atoms with van der Waals surface area (Å²) in [6.45, 7) is 17.1. The molecule has 0 spiro atoms. The maximum Gasteiger partial charge on any atom is 0.0153 e. The van der Waals surface area contributed by atoms with E-state index in [0.717, 1.165) is 0 Å². The summed E-state index contributed by atoms with van der Waals surface area (Å²) in [6, 6.07) is 13.3. The molecule has 0 nitrogen and oxygen atoms in total. The molecule has 0 aromatic heterocycles. The third-order valence-electron chi connectivity index (χ3n) is 5.13. The Hall–Kier alpha value is -2.34. The lowest BCUT2D eigenvalue weighted by molar-refractivity contribution is 0.662. The van der Waals surface area contributed by atoms with Crippen LogP contribution in [-0.4, -0.2) is 0 Å². The van der Waals surface area contributed by atoms with Gasteiger partial charge in [-0.3, -0.25) is 0 Å². The van der Waals surface area contributed by atoms with E-state index in [1.807, 2.05) is 6.08 Å². The largest absolute Gasteiger partial charge is 0.0990 e. The van der Waals surface area contributed by atoms with Gasteiger partial charge >= 0.3 is 0 Å². The van der Waals surface area contributed by atoms with E-state index in [1.165, 1.54) is 44.5 Å². The van der Waals surface area contributed by atoms with E-state index in [1.54, 1.807) is 0 Å². The lowest BCUT2D eigenvalue weighted by Gasteiger charge is -2.22. The van der Waals surface area contributed by atoms with Crippen molar-refractivity contribution >= 4 is 5.57 Å². The minimum Gasteiger partial charge on any atom is -0.0990 e. The molecule has 0 fully saturated rings. The van der Waals surface area contributed by atoms with Crippen LogP contribution in [0, 0.1) is 13.8 Å². The van der Waals surface area contributed by atoms with Crippen molar-refractivity contribution in [3.63, 3.8) is 0 Å². The summed E-state index contributed by atoms with van der Waals surface area (Å²) in [4.78, 5) is 0. The first-order valence-electron chi connectivity index (χ1n) is 8.12. The van der Waals surface area contributed by atoms with Gasteiger partial charge in [0.15, 0.2) is 0 Å². The van der Waals surface area contributed by atoms with Gasteiger partial charge in [-0.25, -0.2) is 0 Å². The predicted octanol–water partition coefficient (Wildman–Crippen LogP) is 6.39. The quantitative estimate of drug-likeness (QED) is 0.603. The van der Waals surface area contributed by atoms with Crippen LogP contribution in [0.15, 0.2) is 67.3 Å². The number of fused-ring (bicyclic) bond motifs is 1. The second kappa shape index (κ2) is 5.38. The SMILES string of the molecule is C=C/C=C1\C(=C)C(C)(C)c2cc(C)c(-c3ccccc3C)cc21. The van der Waals surface area contributed by atoms with Crippen LogP contribution in [0.3, 0.4) is 0 Å². The van der Waals surface area contributed by atoms with Crippen LogP contribution in [0.2, 0.25) is 0 Å². The summed E-state index contributed by atoms with van der Waals surface area (Å²) in [6.07, 6.45) is 3.95. The number of hydrogen-bond donors (Lipinski definition) is 0. The lowest BCUT2D eigenvalue weighted by Crippen LogP contribution is -2.14. The Bertz CT molecular complexity index is 844. The second-order valence-corrected chi connectivity index (χ2v) is 6.95. The fourth-order valence-electron chi connectivity index (χ4n) is 3.58. The van der Waals surface area contributed by atoms with E-state index in [-0.39, 0.29) is 5.41 Å². The minimum atomic E-state index is -0.0286. The Morgan fingerprint density at radius 1 is 0.913 bits per heavy atom. The van der Waals surface area contributed by atoms with Gasteiger partial charge in [-0.15, -0.1) is 0 Å². The molecule has 0 saturated heterocycles. The van der Waals surface area contributed by atoms with Gasteiger partial charge in [-0.1, -0.05) is 69.5 Å². The number of rotatable bonds is 2. The Morgan fingerprint density at radius 3 is 2.26 bits per heavy atom. The van der Waals surface area contributed by atoms with E-state index >= 15 is 0 Å². The average Bonchev–Trinajstić information content (AvgIpc) is 2.69. The molecule has 1 aliphatic rings. The molecule has 116 valence electrons. The highest BCUT2D eigenvalue weighted by molar-refractivity contribution is 5.92. The van der Waals surface area contributed by atoms with Crippen LogP contribution >= 0.6 is 0 Å². The number of aryl methyl sites for hydroxylation is 2. The minimum absolute atomic E-state index is 0.0286. The van der Waals surface area contributed by atoms with Crippen molar-refractivity contribution in [3.8, 4) is 11.1 Å². The highest BCUT2D eigenvalue weighted by Gasteiger charge is 2.37. The molecule has 2 aromatic carbocycles. The molecule has 2 aromatic rings. The standard InChI is InChI=1S/C23H24/c1-7-10-19-17(4)23(5,6)22-13-16(3)20(14-21(19)22)18-12-9-8-11-15(18)2/h7-14H,1,4H2,2-3,5-6H3/b19-10+. The molecule has 0 N–H and O–H groups in total. The molecule has 3 rings (SSSR count). The van der Waals surface area contributed by atoms with Crippen molar-refractivity contribution in [1.82, 2.24) is 0 Å². The first kappa shape index (κ1) is 15.6. The molecule has 0 bridgehead atoms. The van der Waals surface area contributed by atoms with Crippen molar-refractivity contribution in [3.05, 3.63) is 89.5 Å². The lowest BCUT2D eigenvalue weighted by atomic mass is 9.82. The summed E-state index contributed by atoms with van der Waals surface area (Å²) in [7, 11) is 0. The zero-order valence-electron chi connectivity index (χ0n) is 14.5. The molecular weight excluding hydrogens is 276 g/mol. The number of allylic oxidation sites excluding steroid dienone is 4. The Morgan fingerprint density at radius 2 is 1.61 bits per heavy atom. The first-order chi connectivity index (χ1) is 10.9. The van der Waals surface area contributed by atoms with Crippen LogP contribution in [0.25, 0.3) is 16.7 Å². The van der Waals surface area contributed by atoms with Crippen molar-refractivity contribution in [2.45, 2.75) is 33.1 Å². The molecule has 0 saturated carbocycles. The molecule has 0 atom stereocenters. The first-order valence-corrected chi connectivity index (χ1v) is 8.12. The summed E-state index contributed by atoms with van der Waals surface area (Å²) in [5.41, 5.74) is 10.3. The zero-order valence-corrected chi connectivity index (χ0v) is 14.5. The smallest absolute Gasteiger partial charge is 0.0153 e. The molecule has 0 heteroatoms. The van der Waals surface area contributed by atoms with E-state index in [2.05, 4.69) is 83.3 Å². The van der Waals surface area contributed by atoms with Gasteiger partial charge in [0.25, 0.3) is 0 Å². The summed E-state index contributed by atoms with van der Waals surface area (Å²) < 4.78 is 0. The van der Waals surface area contributed by atoms with Gasteiger partial charge in [0, 0.05) is 5.41 Å². The van der Waals surface area contributed by atoms with Gasteiger partial charge in [0.1, 0.15) is 0 Å². The summed E-state index contributed by atoms with van der Waals surface area (Å²) in [5.74, 6) is 0. The van der Waals surface area contributed by atoms with Gasteiger partial charge in [-0.05, 0) is 64.4 Å². The second-order valence-electron chi connectivity index (χ2n) is 6.95. The van der Waals surface area contributed by atoms with Gasteiger partial charge in [0.05, 0.1) is 0 Å². The number of benzene rings is 2. The highest BCUT2D eigenvalue weighted by atomic mass is 14.4. The Kier molecular flexibility index (Phi) is 3.64. The van der Waals surface area contributed by atoms with Crippen LogP contribution in [0.4, 0.5) is 0 Å². The normalized spacial score (nSPS) is 17.4. The molecule has 0 unspecified atom stereocenters. The predicted molar refractivity (Wildman–Crippen MR) is 102 cm³/mol. The maximum absolute atomic E-state index is 4.36. The summed E-state index contributed by atoms with van der Waals surface area (Å²) in [5, 5.41) is 0. The van der Waals surface area contributed by atoms with E-state index < -0.39 is 0 Å². The number of hydrogen-bond acceptors (Lipinski definition) is 0. The molecule has 0 heterocycles. The van der Waals surface area contributed by atoms with Crippen LogP contribution in [0.1, 0.15) is 36.1 Å². The molecule has 0 aliphatic heterocycles. The molecule has 0 amide bonds. The third kappa shape index (κ3) is 2.30. The van der Waals surface area contributed by atoms with E-state index in [4.69, 9.17) is 0 Å². The molecular formula is C23H24. The molecule has 0 radical (unpaired) electrons. The molecule has 1 aliphatic carbocycles. The van der Waals surface area contributed by atoms with Crippen LogP contribution < -0.4 is 0 Å². The van der Waals surface area contributed by atoms with Gasteiger partial charge in [0.2, 0.25) is 0 Å². The van der Waals surface area contributed by atoms with Crippen molar-refractivity contribution in [2.75, 3.05) is 0 Å². The molecule has 23 heavy (non-hydrogen) atoms. The van der Waals surface area contributed by atoms with Gasteiger partial charge < -0.3 is 0 Å².